The molecule has 0 bridgehead atoms. The van der Waals surface area contributed by atoms with Gasteiger partial charge in [-0.1, -0.05) is 6.92 Å². The van der Waals surface area contributed by atoms with Crippen molar-refractivity contribution < 1.29 is 9.90 Å². The van der Waals surface area contributed by atoms with Gasteiger partial charge in [0.25, 0.3) is 0 Å². The van der Waals surface area contributed by atoms with E-state index in [-0.39, 0.29) is 12.6 Å². The summed E-state index contributed by atoms with van der Waals surface area (Å²) in [6.07, 6.45) is 5.75. The molecule has 0 saturated carbocycles. The maximum Gasteiger partial charge on any atom is 0.321 e. The first-order valence-corrected chi connectivity index (χ1v) is 6.70. The first kappa shape index (κ1) is 13.7. The number of aromatic nitrogens is 2. The van der Waals surface area contributed by atoms with Crippen molar-refractivity contribution in [3.63, 3.8) is 0 Å². The van der Waals surface area contributed by atoms with Crippen LogP contribution in [0.4, 0.5) is 10.5 Å². The fraction of sp³-hybridized carbons (Fsp3) is 0.615. The third-order valence-corrected chi connectivity index (χ3v) is 3.43. The number of piperidine rings is 1. The molecule has 0 radical (unpaired) electrons. The predicted molar refractivity (Wildman–Crippen MR) is 71.8 cm³/mol. The van der Waals surface area contributed by atoms with E-state index in [1.807, 2.05) is 6.92 Å². The molecule has 6 heteroatoms. The van der Waals surface area contributed by atoms with Crippen molar-refractivity contribution in [1.82, 2.24) is 14.9 Å². The molecular weight excluding hydrogens is 244 g/mol. The van der Waals surface area contributed by atoms with Gasteiger partial charge in [0.15, 0.2) is 0 Å². The van der Waals surface area contributed by atoms with Crippen LogP contribution in [-0.2, 0) is 6.42 Å². The van der Waals surface area contributed by atoms with E-state index < -0.39 is 0 Å². The summed E-state index contributed by atoms with van der Waals surface area (Å²) in [5.41, 5.74) is 0.617. The summed E-state index contributed by atoms with van der Waals surface area (Å²) < 4.78 is 0. The summed E-state index contributed by atoms with van der Waals surface area (Å²) >= 11 is 0. The number of carbonyl (C=O) groups is 1. The summed E-state index contributed by atoms with van der Waals surface area (Å²) in [5, 5.41) is 11.9. The quantitative estimate of drug-likeness (QED) is 0.862. The molecule has 1 aromatic heterocycles. The summed E-state index contributed by atoms with van der Waals surface area (Å²) in [6, 6.07) is -0.121. The third-order valence-electron chi connectivity index (χ3n) is 3.43. The lowest BCUT2D eigenvalue weighted by atomic mass is 9.98. The van der Waals surface area contributed by atoms with Gasteiger partial charge in [0.1, 0.15) is 5.82 Å². The van der Waals surface area contributed by atoms with Crippen molar-refractivity contribution in [2.45, 2.75) is 26.2 Å². The summed E-state index contributed by atoms with van der Waals surface area (Å²) in [5.74, 6) is 1.10. The number of rotatable bonds is 3. The molecule has 2 N–H and O–H groups in total. The van der Waals surface area contributed by atoms with Crippen LogP contribution in [0.5, 0.6) is 0 Å². The average molecular weight is 264 g/mol. The van der Waals surface area contributed by atoms with Crippen molar-refractivity contribution in [3.05, 3.63) is 18.2 Å². The van der Waals surface area contributed by atoms with Crippen molar-refractivity contribution in [2.24, 2.45) is 5.92 Å². The van der Waals surface area contributed by atoms with Gasteiger partial charge in [-0.3, -0.25) is 0 Å². The molecule has 2 heterocycles. The number of hydrogen-bond acceptors (Lipinski definition) is 4. The van der Waals surface area contributed by atoms with Gasteiger partial charge < -0.3 is 15.3 Å². The fourth-order valence-electron chi connectivity index (χ4n) is 2.12. The number of anilines is 1. The lowest BCUT2D eigenvalue weighted by molar-refractivity contribution is 0.143. The van der Waals surface area contributed by atoms with E-state index in [0.717, 1.165) is 25.1 Å². The number of aliphatic hydroxyl groups is 1. The molecular formula is C13H20N4O2. The number of aliphatic hydroxyl groups excluding tert-OH is 1. The van der Waals surface area contributed by atoms with E-state index in [9.17, 15) is 4.79 Å². The lowest BCUT2D eigenvalue weighted by Gasteiger charge is -2.31. The Balaban J connectivity index is 1.86. The minimum Gasteiger partial charge on any atom is -0.396 e. The normalized spacial score (nSPS) is 16.4. The zero-order valence-electron chi connectivity index (χ0n) is 11.2. The molecule has 0 aromatic carbocycles. The molecule has 104 valence electrons. The second kappa shape index (κ2) is 6.47. The van der Waals surface area contributed by atoms with Crippen LogP contribution in [0, 0.1) is 5.92 Å². The van der Waals surface area contributed by atoms with Gasteiger partial charge in [-0.05, 0) is 18.8 Å². The van der Waals surface area contributed by atoms with Crippen LogP contribution in [0.1, 0.15) is 25.6 Å². The number of likely N-dealkylation sites (tertiary alicyclic amines) is 1. The van der Waals surface area contributed by atoms with Gasteiger partial charge in [-0.15, -0.1) is 0 Å². The van der Waals surface area contributed by atoms with E-state index >= 15 is 0 Å². The maximum atomic E-state index is 12.0. The second-order valence-corrected chi connectivity index (χ2v) is 4.78. The minimum atomic E-state index is -0.121. The molecule has 1 fully saturated rings. The molecule has 19 heavy (non-hydrogen) atoms. The van der Waals surface area contributed by atoms with Crippen LogP contribution < -0.4 is 5.32 Å². The van der Waals surface area contributed by atoms with Gasteiger partial charge in [0.05, 0.1) is 18.1 Å². The van der Waals surface area contributed by atoms with Crippen LogP contribution in [0.15, 0.2) is 12.4 Å². The first-order chi connectivity index (χ1) is 9.22. The topological polar surface area (TPSA) is 78.4 Å². The highest BCUT2D eigenvalue weighted by Crippen LogP contribution is 2.17. The van der Waals surface area contributed by atoms with Crippen molar-refractivity contribution >= 4 is 11.7 Å². The molecule has 1 saturated heterocycles. The van der Waals surface area contributed by atoms with Crippen LogP contribution >= 0.6 is 0 Å². The monoisotopic (exact) mass is 264 g/mol. The molecule has 0 spiro atoms. The number of amides is 2. The van der Waals surface area contributed by atoms with Gasteiger partial charge in [0.2, 0.25) is 0 Å². The Hall–Kier alpha value is -1.69. The number of aryl methyl sites for hydroxylation is 1. The van der Waals surface area contributed by atoms with Crippen molar-refractivity contribution in [3.8, 4) is 0 Å². The van der Waals surface area contributed by atoms with E-state index in [1.165, 1.54) is 0 Å². The zero-order valence-corrected chi connectivity index (χ0v) is 11.2. The molecule has 1 aromatic rings. The van der Waals surface area contributed by atoms with Crippen LogP contribution in [0.3, 0.4) is 0 Å². The largest absolute Gasteiger partial charge is 0.396 e. The maximum absolute atomic E-state index is 12.0. The highest BCUT2D eigenvalue weighted by atomic mass is 16.3. The van der Waals surface area contributed by atoms with Crippen LogP contribution in [0.25, 0.3) is 0 Å². The zero-order chi connectivity index (χ0) is 13.7. The van der Waals surface area contributed by atoms with Crippen molar-refractivity contribution in [2.75, 3.05) is 25.0 Å². The summed E-state index contributed by atoms with van der Waals surface area (Å²) in [7, 11) is 0. The van der Waals surface area contributed by atoms with Gasteiger partial charge in [-0.25, -0.2) is 14.8 Å². The van der Waals surface area contributed by atoms with E-state index in [1.54, 1.807) is 17.3 Å². The number of hydrogen-bond donors (Lipinski definition) is 2. The van der Waals surface area contributed by atoms with Gasteiger partial charge >= 0.3 is 6.03 Å². The number of urea groups is 1. The Morgan fingerprint density at radius 2 is 2.05 bits per heavy atom. The number of nitrogens with zero attached hydrogens (tertiary/aromatic N) is 3. The molecule has 2 rings (SSSR count). The second-order valence-electron chi connectivity index (χ2n) is 4.78. The molecule has 2 amide bonds. The minimum absolute atomic E-state index is 0.121. The highest BCUT2D eigenvalue weighted by Gasteiger charge is 2.22. The predicted octanol–water partition coefficient (Wildman–Crippen LogP) is 1.28. The molecule has 0 unspecified atom stereocenters. The van der Waals surface area contributed by atoms with E-state index in [2.05, 4.69) is 15.3 Å². The molecule has 1 aliphatic rings. The summed E-state index contributed by atoms with van der Waals surface area (Å²) in [4.78, 5) is 22.1. The number of nitrogens with one attached hydrogen (secondary N) is 1. The molecule has 0 atom stereocenters. The fourth-order valence-corrected chi connectivity index (χ4v) is 2.12. The van der Waals surface area contributed by atoms with E-state index in [0.29, 0.717) is 24.7 Å². The number of carbonyl (C=O) groups excluding carboxylic acids is 1. The first-order valence-electron chi connectivity index (χ1n) is 6.70. The smallest absolute Gasteiger partial charge is 0.321 e. The Morgan fingerprint density at radius 1 is 1.42 bits per heavy atom. The lowest BCUT2D eigenvalue weighted by Crippen LogP contribution is -2.41. The van der Waals surface area contributed by atoms with Crippen LogP contribution in [0.2, 0.25) is 0 Å². The van der Waals surface area contributed by atoms with Crippen LogP contribution in [-0.4, -0.2) is 45.7 Å². The Morgan fingerprint density at radius 3 is 2.58 bits per heavy atom. The average Bonchev–Trinajstić information content (AvgIpc) is 2.48. The molecule has 0 aliphatic carbocycles. The van der Waals surface area contributed by atoms with Gasteiger partial charge in [0, 0.05) is 26.1 Å². The highest BCUT2D eigenvalue weighted by molar-refractivity contribution is 5.88. The summed E-state index contributed by atoms with van der Waals surface area (Å²) in [6.45, 7) is 3.57. The Labute approximate surface area is 112 Å². The standard InChI is InChI=1S/C13H20N4O2/c1-2-12-14-7-11(8-15-12)16-13(19)17-5-3-10(9-18)4-6-17/h7-8,10,18H,2-6,9H2,1H3,(H,16,19). The Kier molecular flexibility index (Phi) is 4.68. The Bertz CT molecular complexity index is 413. The van der Waals surface area contributed by atoms with E-state index in [4.69, 9.17) is 5.11 Å². The molecule has 1 aliphatic heterocycles. The van der Waals surface area contributed by atoms with Crippen molar-refractivity contribution in [1.29, 1.82) is 0 Å². The van der Waals surface area contributed by atoms with Gasteiger partial charge in [-0.2, -0.15) is 0 Å². The third kappa shape index (κ3) is 3.64. The SMILES string of the molecule is CCc1ncc(NC(=O)N2CCC(CO)CC2)cn1. The molecule has 6 nitrogen and oxygen atoms in total.